The van der Waals surface area contributed by atoms with Gasteiger partial charge < -0.3 is 15.1 Å². The van der Waals surface area contributed by atoms with Crippen LogP contribution in [-0.2, 0) is 9.59 Å². The first-order valence-corrected chi connectivity index (χ1v) is 10.1. The van der Waals surface area contributed by atoms with Gasteiger partial charge in [-0.05, 0) is 24.9 Å². The van der Waals surface area contributed by atoms with Gasteiger partial charge in [-0.25, -0.2) is 0 Å². The number of likely N-dealkylation sites (tertiary alicyclic amines) is 1. The summed E-state index contributed by atoms with van der Waals surface area (Å²) in [5.74, 6) is 0.811. The molecule has 3 aliphatic rings. The van der Waals surface area contributed by atoms with Gasteiger partial charge in [0.2, 0.25) is 11.8 Å². The summed E-state index contributed by atoms with van der Waals surface area (Å²) in [6.45, 7) is 6.52. The molecule has 2 amide bonds. The predicted molar refractivity (Wildman–Crippen MR) is 104 cm³/mol. The highest BCUT2D eigenvalue weighted by Crippen LogP contribution is 2.37. The number of hydrogen-bond acceptors (Lipinski definition) is 4. The molecule has 0 bridgehead atoms. The van der Waals surface area contributed by atoms with Gasteiger partial charge in [0.15, 0.2) is 0 Å². The van der Waals surface area contributed by atoms with Crippen molar-refractivity contribution in [2.45, 2.75) is 37.9 Å². The van der Waals surface area contributed by atoms with Crippen molar-refractivity contribution in [3.05, 3.63) is 35.9 Å². The maximum Gasteiger partial charge on any atom is 0.242 e. The fraction of sp³-hybridized carbons (Fsp3) is 0.619. The Morgan fingerprint density at radius 3 is 2.44 bits per heavy atom. The summed E-state index contributed by atoms with van der Waals surface area (Å²) >= 11 is 0. The molecule has 27 heavy (non-hydrogen) atoms. The molecule has 4 rings (SSSR count). The van der Waals surface area contributed by atoms with Crippen molar-refractivity contribution in [1.29, 1.82) is 0 Å². The van der Waals surface area contributed by atoms with Crippen LogP contribution in [0, 0.1) is 5.92 Å². The number of amides is 2. The van der Waals surface area contributed by atoms with Crippen LogP contribution in [0.2, 0.25) is 0 Å². The first kappa shape index (κ1) is 18.4. The lowest BCUT2D eigenvalue weighted by molar-refractivity contribution is -0.128. The minimum atomic E-state index is -0.288. The van der Waals surface area contributed by atoms with Crippen molar-refractivity contribution >= 4 is 11.8 Å². The first-order chi connectivity index (χ1) is 13.0. The number of nitrogens with one attached hydrogen (secondary N) is 1. The lowest BCUT2D eigenvalue weighted by Gasteiger charge is -2.37. The molecular weight excluding hydrogens is 340 g/mol. The summed E-state index contributed by atoms with van der Waals surface area (Å²) in [5, 5.41) is 3.19. The minimum Gasteiger partial charge on any atom is -0.349 e. The molecule has 0 radical (unpaired) electrons. The Kier molecular flexibility index (Phi) is 5.19. The average molecular weight is 370 g/mol. The Morgan fingerprint density at radius 1 is 1.15 bits per heavy atom. The summed E-state index contributed by atoms with van der Waals surface area (Å²) in [7, 11) is 2.12. The zero-order valence-corrected chi connectivity index (χ0v) is 16.3. The van der Waals surface area contributed by atoms with Crippen molar-refractivity contribution in [2.24, 2.45) is 5.92 Å². The highest BCUT2D eigenvalue weighted by Gasteiger charge is 2.45. The van der Waals surface area contributed by atoms with Crippen molar-refractivity contribution in [3.63, 3.8) is 0 Å². The number of piperazine rings is 1. The number of rotatable bonds is 5. The van der Waals surface area contributed by atoms with Crippen LogP contribution in [-0.4, -0.2) is 78.4 Å². The van der Waals surface area contributed by atoms with E-state index in [9.17, 15) is 9.59 Å². The molecule has 2 saturated heterocycles. The Morgan fingerprint density at radius 2 is 1.81 bits per heavy atom. The highest BCUT2D eigenvalue weighted by molar-refractivity contribution is 5.86. The van der Waals surface area contributed by atoms with Gasteiger partial charge in [-0.1, -0.05) is 37.3 Å². The molecule has 2 heterocycles. The van der Waals surface area contributed by atoms with Gasteiger partial charge in [-0.2, -0.15) is 0 Å². The average Bonchev–Trinajstić information content (AvgIpc) is 3.27. The second-order valence-corrected chi connectivity index (χ2v) is 8.39. The van der Waals surface area contributed by atoms with E-state index >= 15 is 0 Å². The van der Waals surface area contributed by atoms with Gasteiger partial charge in [0.05, 0.1) is 6.04 Å². The molecule has 146 valence electrons. The molecule has 6 heteroatoms. The number of likely N-dealkylation sites (N-methyl/N-ethyl adjacent to an activating group) is 1. The topological polar surface area (TPSA) is 55.9 Å². The number of nitrogens with zero attached hydrogens (tertiary/aromatic N) is 3. The minimum absolute atomic E-state index is 0.0225. The fourth-order valence-corrected chi connectivity index (χ4v) is 4.41. The van der Waals surface area contributed by atoms with Gasteiger partial charge in [-0.15, -0.1) is 0 Å². The van der Waals surface area contributed by atoms with Crippen LogP contribution in [0.1, 0.15) is 31.4 Å². The largest absolute Gasteiger partial charge is 0.349 e. The van der Waals surface area contributed by atoms with Gasteiger partial charge in [0.1, 0.15) is 6.04 Å². The number of hydrogen-bond donors (Lipinski definition) is 1. The van der Waals surface area contributed by atoms with Crippen LogP contribution < -0.4 is 5.32 Å². The van der Waals surface area contributed by atoms with Crippen molar-refractivity contribution in [2.75, 3.05) is 39.8 Å². The molecule has 0 aromatic heterocycles. The van der Waals surface area contributed by atoms with E-state index in [0.29, 0.717) is 24.9 Å². The van der Waals surface area contributed by atoms with E-state index in [4.69, 9.17) is 0 Å². The van der Waals surface area contributed by atoms with E-state index in [2.05, 4.69) is 29.1 Å². The Hall–Kier alpha value is -1.92. The lowest BCUT2D eigenvalue weighted by atomic mass is 10.0. The molecule has 4 unspecified atom stereocenters. The molecule has 1 aromatic rings. The van der Waals surface area contributed by atoms with Crippen LogP contribution in [0.3, 0.4) is 0 Å². The summed E-state index contributed by atoms with van der Waals surface area (Å²) in [6.07, 6.45) is 1.53. The second kappa shape index (κ2) is 7.60. The summed E-state index contributed by atoms with van der Waals surface area (Å²) in [6, 6.07) is 10.0. The van der Waals surface area contributed by atoms with Crippen LogP contribution in [0.25, 0.3) is 0 Å². The molecule has 0 spiro atoms. The number of carbonyl (C=O) groups excluding carboxylic acids is 2. The van der Waals surface area contributed by atoms with Crippen molar-refractivity contribution in [1.82, 2.24) is 20.0 Å². The number of benzene rings is 1. The third-order valence-corrected chi connectivity index (χ3v) is 6.24. The van der Waals surface area contributed by atoms with E-state index < -0.39 is 0 Å². The highest BCUT2D eigenvalue weighted by atomic mass is 16.2. The Balaban J connectivity index is 1.45. The van der Waals surface area contributed by atoms with Crippen LogP contribution in [0.4, 0.5) is 0 Å². The molecular formula is C21H30N4O2. The van der Waals surface area contributed by atoms with E-state index in [1.807, 2.05) is 35.2 Å². The quantitative estimate of drug-likeness (QED) is 0.843. The fourth-order valence-electron chi connectivity index (χ4n) is 4.41. The zero-order valence-electron chi connectivity index (χ0n) is 16.3. The van der Waals surface area contributed by atoms with E-state index in [0.717, 1.165) is 38.2 Å². The third-order valence-electron chi connectivity index (χ3n) is 6.24. The van der Waals surface area contributed by atoms with E-state index in [1.165, 1.54) is 0 Å². The lowest BCUT2D eigenvalue weighted by Crippen LogP contribution is -2.51. The van der Waals surface area contributed by atoms with Crippen LogP contribution in [0.5, 0.6) is 0 Å². The van der Waals surface area contributed by atoms with E-state index in [-0.39, 0.29) is 23.9 Å². The molecule has 1 aliphatic carbocycles. The number of carbonyl (C=O) groups is 2. The smallest absolute Gasteiger partial charge is 0.242 e. The Labute approximate surface area is 161 Å². The molecule has 2 aliphatic heterocycles. The summed E-state index contributed by atoms with van der Waals surface area (Å²) < 4.78 is 0. The Bertz CT molecular complexity index is 687. The molecule has 1 aromatic carbocycles. The van der Waals surface area contributed by atoms with Crippen LogP contribution >= 0.6 is 0 Å². The zero-order chi connectivity index (χ0) is 19.0. The summed E-state index contributed by atoms with van der Waals surface area (Å²) in [4.78, 5) is 32.1. The summed E-state index contributed by atoms with van der Waals surface area (Å²) in [5.41, 5.74) is 1.02. The SMILES string of the molecule is CC1CC1N1CC(NC(=O)C(c2ccccc2)N2CCN(C)CC2)CC1=O. The monoisotopic (exact) mass is 370 g/mol. The maximum atomic E-state index is 13.2. The normalized spacial score (nSPS) is 30.4. The standard InChI is InChI=1S/C21H30N4O2/c1-15-12-18(15)25-14-17(13-19(25)26)22-21(27)20(16-6-4-3-5-7-16)24-10-8-23(2)9-11-24/h3-7,15,17-18,20H,8-14H2,1-2H3,(H,22,27). The van der Waals surface area contributed by atoms with Gasteiger partial charge in [0, 0.05) is 45.2 Å². The van der Waals surface area contributed by atoms with Gasteiger partial charge in [0.25, 0.3) is 0 Å². The van der Waals surface area contributed by atoms with E-state index in [1.54, 1.807) is 0 Å². The molecule has 1 saturated carbocycles. The molecule has 1 N–H and O–H groups in total. The molecule has 4 atom stereocenters. The third kappa shape index (κ3) is 4.01. The first-order valence-electron chi connectivity index (χ1n) is 10.1. The molecule has 6 nitrogen and oxygen atoms in total. The maximum absolute atomic E-state index is 13.2. The molecule has 3 fully saturated rings. The van der Waals surface area contributed by atoms with Gasteiger partial charge >= 0.3 is 0 Å². The van der Waals surface area contributed by atoms with Gasteiger partial charge in [-0.3, -0.25) is 14.5 Å². The predicted octanol–water partition coefficient (Wildman–Crippen LogP) is 1.10. The van der Waals surface area contributed by atoms with Crippen molar-refractivity contribution in [3.8, 4) is 0 Å². The van der Waals surface area contributed by atoms with Crippen molar-refractivity contribution < 1.29 is 9.59 Å². The van der Waals surface area contributed by atoms with Crippen LogP contribution in [0.15, 0.2) is 30.3 Å². The second-order valence-electron chi connectivity index (χ2n) is 8.39.